The first-order chi connectivity index (χ1) is 13.6. The third-order valence-electron chi connectivity index (χ3n) is 4.49. The van der Waals surface area contributed by atoms with Crippen LogP contribution in [-0.2, 0) is 6.42 Å². The zero-order valence-corrected chi connectivity index (χ0v) is 15.8. The highest BCUT2D eigenvalue weighted by Crippen LogP contribution is 2.23. The van der Waals surface area contributed by atoms with Crippen LogP contribution in [-0.4, -0.2) is 35.5 Å². The van der Waals surface area contributed by atoms with Gasteiger partial charge in [0, 0.05) is 36.3 Å². The van der Waals surface area contributed by atoms with E-state index in [9.17, 15) is 9.59 Å². The summed E-state index contributed by atoms with van der Waals surface area (Å²) in [5.41, 5.74) is 3.24. The molecule has 28 heavy (non-hydrogen) atoms. The Morgan fingerprint density at radius 1 is 1.14 bits per heavy atom. The van der Waals surface area contributed by atoms with Gasteiger partial charge < -0.3 is 15.2 Å². The summed E-state index contributed by atoms with van der Waals surface area (Å²) in [4.78, 5) is 29.3. The highest BCUT2D eigenvalue weighted by Gasteiger charge is 2.18. The van der Waals surface area contributed by atoms with Crippen LogP contribution in [0.25, 0.3) is 0 Å². The van der Waals surface area contributed by atoms with Gasteiger partial charge in [-0.2, -0.15) is 0 Å². The van der Waals surface area contributed by atoms with Crippen molar-refractivity contribution in [2.24, 2.45) is 0 Å². The number of aromatic nitrogens is 2. The van der Waals surface area contributed by atoms with Crippen LogP contribution >= 0.6 is 0 Å². The van der Waals surface area contributed by atoms with Gasteiger partial charge in [0.05, 0.1) is 6.20 Å². The number of hydrogen-bond donors (Lipinski definition) is 2. The lowest BCUT2D eigenvalue weighted by Crippen LogP contribution is -2.27. The van der Waals surface area contributed by atoms with Gasteiger partial charge in [-0.1, -0.05) is 42.4 Å². The van der Waals surface area contributed by atoms with Crippen LogP contribution in [0.2, 0.25) is 0 Å². The molecule has 0 aliphatic carbocycles. The number of carbonyl (C=O) groups is 2. The van der Waals surface area contributed by atoms with Gasteiger partial charge in [0.2, 0.25) is 0 Å². The maximum absolute atomic E-state index is 12.6. The van der Waals surface area contributed by atoms with Crippen molar-refractivity contribution in [2.75, 3.05) is 13.6 Å². The minimum absolute atomic E-state index is 0.0608. The largest absolute Gasteiger partial charge is 0.364 e. The van der Waals surface area contributed by atoms with Crippen LogP contribution in [0, 0.1) is 0 Å². The van der Waals surface area contributed by atoms with E-state index in [2.05, 4.69) is 20.8 Å². The van der Waals surface area contributed by atoms with Crippen molar-refractivity contribution in [1.29, 1.82) is 0 Å². The zero-order chi connectivity index (χ0) is 19.9. The van der Waals surface area contributed by atoms with E-state index in [1.54, 1.807) is 18.5 Å². The Balaban J connectivity index is 1.82. The molecule has 0 saturated carbocycles. The molecule has 7 heteroatoms. The van der Waals surface area contributed by atoms with Crippen molar-refractivity contribution in [3.8, 4) is 0 Å². The Morgan fingerprint density at radius 2 is 1.93 bits per heavy atom. The number of carbonyl (C=O) groups excluding carboxylic acids is 2. The fourth-order valence-electron chi connectivity index (χ4n) is 2.83. The topological polar surface area (TPSA) is 97.1 Å². The van der Waals surface area contributed by atoms with Crippen LogP contribution in [0.4, 0.5) is 0 Å². The van der Waals surface area contributed by atoms with Gasteiger partial charge in [-0.15, -0.1) is 0 Å². The quantitative estimate of drug-likeness (QED) is 0.659. The molecule has 2 amide bonds. The van der Waals surface area contributed by atoms with E-state index in [4.69, 9.17) is 4.52 Å². The molecule has 0 aliphatic rings. The summed E-state index contributed by atoms with van der Waals surface area (Å²) < 4.78 is 4.78. The van der Waals surface area contributed by atoms with Gasteiger partial charge >= 0.3 is 0 Å². The molecule has 2 heterocycles. The van der Waals surface area contributed by atoms with Gasteiger partial charge in [-0.05, 0) is 24.1 Å². The van der Waals surface area contributed by atoms with Crippen LogP contribution in [0.3, 0.4) is 0 Å². The van der Waals surface area contributed by atoms with Crippen LogP contribution in [0.5, 0.6) is 0 Å². The summed E-state index contributed by atoms with van der Waals surface area (Å²) in [6.45, 7) is 2.43. The molecule has 1 aromatic carbocycles. The Morgan fingerprint density at radius 3 is 2.61 bits per heavy atom. The van der Waals surface area contributed by atoms with Gasteiger partial charge in [-0.3, -0.25) is 9.59 Å². The SMILES string of the molecule is CNC(=O)c1cc(C(=O)NCCc2cnoc2)cc([C@@H](C)c2ccccc2)n1. The average Bonchev–Trinajstić information content (AvgIpc) is 3.26. The second kappa shape index (κ2) is 8.94. The van der Waals surface area contributed by atoms with Crippen molar-refractivity contribution in [1.82, 2.24) is 20.8 Å². The third kappa shape index (κ3) is 4.62. The Hall–Kier alpha value is -3.48. The van der Waals surface area contributed by atoms with Crippen molar-refractivity contribution in [3.63, 3.8) is 0 Å². The Kier molecular flexibility index (Phi) is 6.16. The molecule has 144 valence electrons. The van der Waals surface area contributed by atoms with E-state index in [0.717, 1.165) is 11.1 Å². The highest BCUT2D eigenvalue weighted by atomic mass is 16.5. The molecule has 0 saturated heterocycles. The number of pyridine rings is 1. The van der Waals surface area contributed by atoms with Crippen LogP contribution in [0.1, 0.15) is 50.5 Å². The summed E-state index contributed by atoms with van der Waals surface area (Å²) in [6, 6.07) is 13.1. The smallest absolute Gasteiger partial charge is 0.269 e. The molecule has 2 N–H and O–H groups in total. The zero-order valence-electron chi connectivity index (χ0n) is 15.8. The predicted octanol–water partition coefficient (Wildman–Crippen LogP) is 2.55. The van der Waals surface area contributed by atoms with Crippen molar-refractivity contribution >= 4 is 11.8 Å². The predicted molar refractivity (Wildman–Crippen MR) is 104 cm³/mol. The lowest BCUT2D eigenvalue weighted by atomic mass is 9.96. The van der Waals surface area contributed by atoms with E-state index in [-0.39, 0.29) is 23.4 Å². The molecule has 0 bridgehead atoms. The molecule has 0 aliphatic heterocycles. The van der Waals surface area contributed by atoms with Crippen LogP contribution < -0.4 is 10.6 Å². The van der Waals surface area contributed by atoms with Crippen molar-refractivity contribution in [3.05, 3.63) is 83.0 Å². The first-order valence-corrected chi connectivity index (χ1v) is 9.04. The first kappa shape index (κ1) is 19.3. The standard InChI is InChI=1S/C21H22N4O3/c1-14(16-6-4-3-5-7-16)18-10-17(11-19(25-18)21(27)22-2)20(26)23-9-8-15-12-24-28-13-15/h3-7,10-14H,8-9H2,1-2H3,(H,22,27)(H,23,26)/t14-/m0/s1. The van der Waals surface area contributed by atoms with Gasteiger partial charge in [0.1, 0.15) is 12.0 Å². The summed E-state index contributed by atoms with van der Waals surface area (Å²) >= 11 is 0. The second-order valence-corrected chi connectivity index (χ2v) is 6.42. The van der Waals surface area contributed by atoms with Crippen molar-refractivity contribution in [2.45, 2.75) is 19.3 Å². The monoisotopic (exact) mass is 378 g/mol. The summed E-state index contributed by atoms with van der Waals surface area (Å²) in [5, 5.41) is 9.06. The number of benzene rings is 1. The van der Waals surface area contributed by atoms with E-state index in [1.807, 2.05) is 37.3 Å². The lowest BCUT2D eigenvalue weighted by molar-refractivity contribution is 0.0954. The lowest BCUT2D eigenvalue weighted by Gasteiger charge is -2.14. The molecule has 3 rings (SSSR count). The molecular weight excluding hydrogens is 356 g/mol. The van der Waals surface area contributed by atoms with E-state index < -0.39 is 0 Å². The second-order valence-electron chi connectivity index (χ2n) is 6.42. The molecule has 2 aromatic heterocycles. The fourth-order valence-corrected chi connectivity index (χ4v) is 2.83. The highest BCUT2D eigenvalue weighted by molar-refractivity contribution is 5.98. The van der Waals surface area contributed by atoms with Gasteiger partial charge in [0.25, 0.3) is 11.8 Å². The summed E-state index contributed by atoms with van der Waals surface area (Å²) in [6.07, 6.45) is 3.76. The molecular formula is C21H22N4O3. The fraction of sp³-hybridized carbons (Fsp3) is 0.238. The Bertz CT molecular complexity index is 940. The number of rotatable bonds is 7. The number of nitrogens with zero attached hydrogens (tertiary/aromatic N) is 2. The Labute approximate surface area is 163 Å². The normalized spacial score (nSPS) is 11.6. The number of hydrogen-bond acceptors (Lipinski definition) is 5. The third-order valence-corrected chi connectivity index (χ3v) is 4.49. The van der Waals surface area contributed by atoms with E-state index >= 15 is 0 Å². The molecule has 0 unspecified atom stereocenters. The average molecular weight is 378 g/mol. The maximum atomic E-state index is 12.6. The minimum atomic E-state index is -0.333. The van der Waals surface area contributed by atoms with E-state index in [1.165, 1.54) is 13.1 Å². The maximum Gasteiger partial charge on any atom is 0.269 e. The van der Waals surface area contributed by atoms with Gasteiger partial charge in [-0.25, -0.2) is 4.98 Å². The van der Waals surface area contributed by atoms with Crippen molar-refractivity contribution < 1.29 is 14.1 Å². The first-order valence-electron chi connectivity index (χ1n) is 9.04. The number of amides is 2. The molecule has 0 radical (unpaired) electrons. The van der Waals surface area contributed by atoms with Crippen LogP contribution in [0.15, 0.2) is 59.4 Å². The summed E-state index contributed by atoms with van der Waals surface area (Å²) in [5.74, 6) is -0.652. The van der Waals surface area contributed by atoms with E-state index in [0.29, 0.717) is 24.2 Å². The minimum Gasteiger partial charge on any atom is -0.364 e. The molecule has 3 aromatic rings. The molecule has 0 fully saturated rings. The molecule has 7 nitrogen and oxygen atoms in total. The molecule has 0 spiro atoms. The molecule has 1 atom stereocenters. The summed E-state index contributed by atoms with van der Waals surface area (Å²) in [7, 11) is 1.54. The number of nitrogens with one attached hydrogen (secondary N) is 2. The van der Waals surface area contributed by atoms with Gasteiger partial charge in [0.15, 0.2) is 0 Å².